The fourth-order valence-electron chi connectivity index (χ4n) is 4.53. The number of aromatic amines is 1. The molecule has 0 saturated carbocycles. The maximum absolute atomic E-state index is 13.4. The molecule has 0 radical (unpaired) electrons. The van der Waals surface area contributed by atoms with E-state index in [0.29, 0.717) is 28.5 Å². The summed E-state index contributed by atoms with van der Waals surface area (Å²) in [5, 5.41) is 18.7. The normalized spacial score (nSPS) is 15.9. The summed E-state index contributed by atoms with van der Waals surface area (Å²) in [5.41, 5.74) is 5.50. The number of amides is 1. The number of unbranched alkanes of at least 4 members (excludes halogenated alkanes) is 2. The zero-order valence-corrected chi connectivity index (χ0v) is 20.8. The highest BCUT2D eigenvalue weighted by molar-refractivity contribution is 6.31. The third-order valence-electron chi connectivity index (χ3n) is 6.49. The molecular weight excluding hydrogens is 434 g/mol. The smallest absolute Gasteiger partial charge is 0.273 e. The number of halogens is 1. The first-order chi connectivity index (χ1) is 15.6. The zero-order chi connectivity index (χ0) is 23.9. The first kappa shape index (κ1) is 23.4. The van der Waals surface area contributed by atoms with E-state index in [1.165, 1.54) is 5.56 Å². The van der Waals surface area contributed by atoms with Crippen molar-refractivity contribution in [2.24, 2.45) is 0 Å². The highest BCUT2D eigenvalue weighted by Crippen LogP contribution is 2.45. The van der Waals surface area contributed by atoms with Gasteiger partial charge in [-0.25, -0.2) is 0 Å². The molecule has 174 valence electrons. The number of nitrogens with zero attached hydrogens (tertiary/aromatic N) is 2. The number of H-pyrrole nitrogens is 1. The predicted octanol–water partition coefficient (Wildman–Crippen LogP) is 6.78. The molecule has 5 nitrogen and oxygen atoms in total. The van der Waals surface area contributed by atoms with Crippen molar-refractivity contribution in [2.75, 3.05) is 6.54 Å². The number of hydrogen-bond donors (Lipinski definition) is 2. The second-order valence-electron chi connectivity index (χ2n) is 9.96. The van der Waals surface area contributed by atoms with Gasteiger partial charge in [-0.15, -0.1) is 0 Å². The topological polar surface area (TPSA) is 69.2 Å². The molecule has 0 fully saturated rings. The van der Waals surface area contributed by atoms with Crippen LogP contribution in [0.4, 0.5) is 0 Å². The number of aryl methyl sites for hydroxylation is 1. The van der Waals surface area contributed by atoms with Gasteiger partial charge in [0, 0.05) is 22.7 Å². The van der Waals surface area contributed by atoms with Gasteiger partial charge in [-0.1, -0.05) is 76.4 Å². The Hall–Kier alpha value is -2.79. The summed E-state index contributed by atoms with van der Waals surface area (Å²) in [6.07, 6.45) is 3.08. The van der Waals surface area contributed by atoms with Crippen LogP contribution in [0.25, 0.3) is 11.3 Å². The Bertz CT molecular complexity index is 1180. The molecular formula is C27H32ClN3O2. The van der Waals surface area contributed by atoms with Crippen molar-refractivity contribution in [2.45, 2.75) is 65.3 Å². The van der Waals surface area contributed by atoms with E-state index in [2.05, 4.69) is 62.2 Å². The standard InChI is InChI=1S/C27H32ClN3O2/c1-6-7-8-13-31-25(17-9-11-18(12-10-17)27(3,4)5)22-23(29-30-24(22)26(31)33)19-15-20(28)16(2)14-21(19)32/h9-12,14-15,25,32H,6-8,13H2,1-5H3,(H,29,30). The quantitative estimate of drug-likeness (QED) is 0.394. The molecule has 1 atom stereocenters. The van der Waals surface area contributed by atoms with E-state index in [1.807, 2.05) is 11.8 Å². The average Bonchev–Trinajstić information content (AvgIpc) is 3.30. The van der Waals surface area contributed by atoms with Crippen LogP contribution in [0.3, 0.4) is 0 Å². The van der Waals surface area contributed by atoms with Crippen LogP contribution in [0.1, 0.15) is 85.7 Å². The van der Waals surface area contributed by atoms with Crippen molar-refractivity contribution < 1.29 is 9.90 Å². The van der Waals surface area contributed by atoms with E-state index < -0.39 is 0 Å². The van der Waals surface area contributed by atoms with Crippen LogP contribution in [0.5, 0.6) is 5.75 Å². The Labute approximate surface area is 200 Å². The number of carbonyl (C=O) groups excluding carboxylic acids is 1. The van der Waals surface area contributed by atoms with Crippen molar-refractivity contribution in [3.8, 4) is 17.0 Å². The van der Waals surface area contributed by atoms with Gasteiger partial charge >= 0.3 is 0 Å². The summed E-state index contributed by atoms with van der Waals surface area (Å²) in [4.78, 5) is 15.3. The fourth-order valence-corrected chi connectivity index (χ4v) is 4.70. The molecule has 2 heterocycles. The number of fused-ring (bicyclic) bond motifs is 1. The van der Waals surface area contributed by atoms with Crippen LogP contribution in [0.2, 0.25) is 5.02 Å². The Morgan fingerprint density at radius 2 is 1.85 bits per heavy atom. The van der Waals surface area contributed by atoms with Gasteiger partial charge in [-0.05, 0) is 47.6 Å². The summed E-state index contributed by atoms with van der Waals surface area (Å²) >= 11 is 6.38. The van der Waals surface area contributed by atoms with Crippen LogP contribution in [0.15, 0.2) is 36.4 Å². The number of nitrogens with one attached hydrogen (secondary N) is 1. The van der Waals surface area contributed by atoms with Gasteiger partial charge in [0.05, 0.1) is 6.04 Å². The first-order valence-corrected chi connectivity index (χ1v) is 12.0. The van der Waals surface area contributed by atoms with Crippen LogP contribution < -0.4 is 0 Å². The summed E-state index contributed by atoms with van der Waals surface area (Å²) in [5.74, 6) is 0.0485. The van der Waals surface area contributed by atoms with E-state index in [9.17, 15) is 9.90 Å². The molecule has 0 saturated heterocycles. The Kier molecular flexibility index (Phi) is 6.28. The minimum Gasteiger partial charge on any atom is -0.507 e. The largest absolute Gasteiger partial charge is 0.507 e. The third kappa shape index (κ3) is 4.26. The number of benzene rings is 2. The number of phenols is 1. The van der Waals surface area contributed by atoms with Crippen LogP contribution in [-0.2, 0) is 5.41 Å². The molecule has 0 aliphatic carbocycles. The summed E-state index contributed by atoms with van der Waals surface area (Å²) < 4.78 is 0. The van der Waals surface area contributed by atoms with Gasteiger partial charge in [0.25, 0.3) is 5.91 Å². The number of aromatic nitrogens is 2. The maximum atomic E-state index is 13.4. The van der Waals surface area contributed by atoms with Gasteiger partial charge in [-0.2, -0.15) is 5.10 Å². The minimum atomic E-state index is -0.272. The lowest BCUT2D eigenvalue weighted by atomic mass is 9.85. The Morgan fingerprint density at radius 3 is 2.48 bits per heavy atom. The van der Waals surface area contributed by atoms with E-state index in [1.54, 1.807) is 12.1 Å². The highest BCUT2D eigenvalue weighted by atomic mass is 35.5. The molecule has 2 N–H and O–H groups in total. The van der Waals surface area contributed by atoms with Gasteiger partial charge in [-0.3, -0.25) is 9.89 Å². The second kappa shape index (κ2) is 8.86. The van der Waals surface area contributed by atoms with E-state index >= 15 is 0 Å². The van der Waals surface area contributed by atoms with E-state index in [4.69, 9.17) is 11.6 Å². The third-order valence-corrected chi connectivity index (χ3v) is 6.90. The molecule has 1 aliphatic heterocycles. The Morgan fingerprint density at radius 1 is 1.15 bits per heavy atom. The molecule has 1 aliphatic rings. The molecule has 3 aromatic rings. The van der Waals surface area contributed by atoms with Gasteiger partial charge in [0.1, 0.15) is 17.1 Å². The van der Waals surface area contributed by atoms with Crippen molar-refractivity contribution in [1.29, 1.82) is 0 Å². The highest BCUT2D eigenvalue weighted by Gasteiger charge is 2.42. The minimum absolute atomic E-state index is 0.0429. The monoisotopic (exact) mass is 465 g/mol. The maximum Gasteiger partial charge on any atom is 0.273 e. The molecule has 1 unspecified atom stereocenters. The summed E-state index contributed by atoms with van der Waals surface area (Å²) in [6.45, 7) is 11.2. The van der Waals surface area contributed by atoms with Crippen molar-refractivity contribution in [3.63, 3.8) is 0 Å². The lowest BCUT2D eigenvalue weighted by Crippen LogP contribution is -2.30. The molecule has 1 aromatic heterocycles. The van der Waals surface area contributed by atoms with Crippen LogP contribution in [-0.4, -0.2) is 32.7 Å². The molecule has 0 spiro atoms. The number of hydrogen-bond acceptors (Lipinski definition) is 3. The van der Waals surface area contributed by atoms with Gasteiger partial charge in [0.15, 0.2) is 0 Å². The predicted molar refractivity (Wildman–Crippen MR) is 133 cm³/mol. The Balaban J connectivity index is 1.84. The number of phenolic OH excluding ortho intramolecular Hbond substituents is 1. The van der Waals surface area contributed by atoms with Gasteiger partial charge in [0.2, 0.25) is 0 Å². The number of aromatic hydroxyl groups is 1. The van der Waals surface area contributed by atoms with E-state index in [0.717, 1.165) is 36.0 Å². The molecule has 33 heavy (non-hydrogen) atoms. The lowest BCUT2D eigenvalue weighted by molar-refractivity contribution is 0.0740. The number of rotatable bonds is 6. The molecule has 0 bridgehead atoms. The van der Waals surface area contributed by atoms with Crippen molar-refractivity contribution >= 4 is 17.5 Å². The van der Waals surface area contributed by atoms with Crippen LogP contribution >= 0.6 is 11.6 Å². The molecule has 1 amide bonds. The van der Waals surface area contributed by atoms with Crippen molar-refractivity contribution in [3.05, 3.63) is 69.4 Å². The summed E-state index contributed by atoms with van der Waals surface area (Å²) in [7, 11) is 0. The fraction of sp³-hybridized carbons (Fsp3) is 0.407. The lowest BCUT2D eigenvalue weighted by Gasteiger charge is -2.27. The molecule has 6 heteroatoms. The average molecular weight is 466 g/mol. The van der Waals surface area contributed by atoms with Crippen molar-refractivity contribution in [1.82, 2.24) is 15.1 Å². The van der Waals surface area contributed by atoms with Gasteiger partial charge < -0.3 is 10.0 Å². The SMILES string of the molecule is CCCCCN1C(=O)c2[nH]nc(-c3cc(Cl)c(C)cc3O)c2C1c1ccc(C(C)(C)C)cc1. The molecule has 4 rings (SSSR count). The van der Waals surface area contributed by atoms with E-state index in [-0.39, 0.29) is 23.1 Å². The molecule has 2 aromatic carbocycles. The number of carbonyl (C=O) groups is 1. The first-order valence-electron chi connectivity index (χ1n) is 11.6. The van der Waals surface area contributed by atoms with Crippen LogP contribution in [0, 0.1) is 6.92 Å². The summed E-state index contributed by atoms with van der Waals surface area (Å²) in [6, 6.07) is 11.6. The zero-order valence-electron chi connectivity index (χ0n) is 20.0. The second-order valence-corrected chi connectivity index (χ2v) is 10.4.